The van der Waals surface area contributed by atoms with Crippen molar-refractivity contribution < 1.29 is 4.92 Å². The molecule has 4 nitrogen and oxygen atoms in total. The summed E-state index contributed by atoms with van der Waals surface area (Å²) in [6, 6.07) is 5.18. The second-order valence-electron chi connectivity index (χ2n) is 3.85. The summed E-state index contributed by atoms with van der Waals surface area (Å²) in [7, 11) is 0. The summed E-state index contributed by atoms with van der Waals surface area (Å²) in [5, 5.41) is 18.2. The fraction of sp³-hybridized carbons (Fsp3) is 0.167. The highest BCUT2D eigenvalue weighted by atomic mass is 127. The van der Waals surface area contributed by atoms with Crippen LogP contribution >= 0.6 is 33.9 Å². The largest absolute Gasteiger partial charge is 0.375 e. The van der Waals surface area contributed by atoms with Gasteiger partial charge in [0.1, 0.15) is 5.69 Å². The first-order chi connectivity index (χ1) is 8.58. The van der Waals surface area contributed by atoms with Crippen LogP contribution < -0.4 is 5.32 Å². The predicted octanol–water partition coefficient (Wildman–Crippen LogP) is 4.18. The van der Waals surface area contributed by atoms with Crippen LogP contribution in [0, 0.1) is 20.6 Å². The molecule has 18 heavy (non-hydrogen) atoms. The van der Waals surface area contributed by atoms with E-state index in [1.807, 2.05) is 13.0 Å². The van der Waals surface area contributed by atoms with Crippen LogP contribution in [0.25, 0.3) is 0 Å². The van der Waals surface area contributed by atoms with E-state index in [1.54, 1.807) is 23.5 Å². The third kappa shape index (κ3) is 2.99. The molecule has 1 N–H and O–H groups in total. The molecule has 2 aromatic rings. The van der Waals surface area contributed by atoms with Gasteiger partial charge in [-0.05, 0) is 63.5 Å². The Labute approximate surface area is 122 Å². The van der Waals surface area contributed by atoms with Gasteiger partial charge in [-0.25, -0.2) is 0 Å². The topological polar surface area (TPSA) is 55.2 Å². The molecule has 0 radical (unpaired) electrons. The zero-order valence-electron chi connectivity index (χ0n) is 9.64. The van der Waals surface area contributed by atoms with E-state index in [0.29, 0.717) is 12.2 Å². The molecular formula is C12H11IN2O2S. The van der Waals surface area contributed by atoms with Crippen molar-refractivity contribution in [1.29, 1.82) is 0 Å². The second-order valence-corrected chi connectivity index (χ2v) is 5.84. The minimum absolute atomic E-state index is 0.120. The van der Waals surface area contributed by atoms with Gasteiger partial charge in [0, 0.05) is 16.2 Å². The van der Waals surface area contributed by atoms with E-state index in [4.69, 9.17) is 0 Å². The van der Waals surface area contributed by atoms with Crippen molar-refractivity contribution in [3.63, 3.8) is 0 Å². The van der Waals surface area contributed by atoms with Gasteiger partial charge in [-0.3, -0.25) is 10.1 Å². The first-order valence-corrected chi connectivity index (χ1v) is 7.29. The van der Waals surface area contributed by atoms with Crippen molar-refractivity contribution in [2.45, 2.75) is 13.5 Å². The van der Waals surface area contributed by atoms with E-state index in [1.165, 1.54) is 11.1 Å². The van der Waals surface area contributed by atoms with E-state index in [9.17, 15) is 10.1 Å². The number of nitrogens with one attached hydrogen (secondary N) is 1. The molecule has 0 aliphatic carbocycles. The number of hydrogen-bond donors (Lipinski definition) is 1. The van der Waals surface area contributed by atoms with Crippen LogP contribution in [0.5, 0.6) is 0 Å². The summed E-state index contributed by atoms with van der Waals surface area (Å²) in [5.41, 5.74) is 3.06. The molecule has 1 aromatic carbocycles. The van der Waals surface area contributed by atoms with Crippen molar-refractivity contribution in [3.8, 4) is 0 Å². The van der Waals surface area contributed by atoms with E-state index < -0.39 is 0 Å². The third-order valence-electron chi connectivity index (χ3n) is 2.59. The fourth-order valence-corrected chi connectivity index (χ4v) is 2.90. The SMILES string of the molecule is Cc1cscc1CNc1ccc(I)cc1[N+](=O)[O-]. The van der Waals surface area contributed by atoms with Crippen LogP contribution in [0.1, 0.15) is 11.1 Å². The molecule has 0 atom stereocenters. The Kier molecular flexibility index (Phi) is 4.18. The minimum Gasteiger partial charge on any atom is -0.375 e. The number of nitro groups is 1. The summed E-state index contributed by atoms with van der Waals surface area (Å²) in [4.78, 5) is 10.6. The smallest absolute Gasteiger partial charge is 0.293 e. The predicted molar refractivity (Wildman–Crippen MR) is 82.2 cm³/mol. The van der Waals surface area contributed by atoms with Crippen LogP contribution in [0.4, 0.5) is 11.4 Å². The van der Waals surface area contributed by atoms with Crippen molar-refractivity contribution in [1.82, 2.24) is 0 Å². The Bertz CT molecular complexity index is 583. The minimum atomic E-state index is -0.356. The van der Waals surface area contributed by atoms with Gasteiger partial charge in [0.05, 0.1) is 4.92 Å². The van der Waals surface area contributed by atoms with E-state index in [-0.39, 0.29) is 10.6 Å². The number of hydrogen-bond acceptors (Lipinski definition) is 4. The summed E-state index contributed by atoms with van der Waals surface area (Å²) in [6.45, 7) is 2.65. The highest BCUT2D eigenvalue weighted by molar-refractivity contribution is 14.1. The first kappa shape index (κ1) is 13.3. The van der Waals surface area contributed by atoms with Gasteiger partial charge in [0.25, 0.3) is 5.69 Å². The van der Waals surface area contributed by atoms with E-state index in [2.05, 4.69) is 38.7 Å². The fourth-order valence-electron chi connectivity index (χ4n) is 1.56. The number of halogens is 1. The van der Waals surface area contributed by atoms with Crippen LogP contribution in [0.15, 0.2) is 29.0 Å². The standard InChI is InChI=1S/C12H11IN2O2S/c1-8-6-18-7-9(8)5-14-11-3-2-10(13)4-12(11)15(16)17/h2-4,6-7,14H,5H2,1H3. The number of benzene rings is 1. The Hall–Kier alpha value is -1.15. The van der Waals surface area contributed by atoms with Gasteiger partial charge in [-0.1, -0.05) is 0 Å². The molecule has 0 aliphatic rings. The van der Waals surface area contributed by atoms with Crippen LogP contribution in [-0.4, -0.2) is 4.92 Å². The van der Waals surface area contributed by atoms with Crippen molar-refractivity contribution in [2.24, 2.45) is 0 Å². The molecule has 2 rings (SSSR count). The van der Waals surface area contributed by atoms with Crippen molar-refractivity contribution in [3.05, 3.63) is 53.8 Å². The summed E-state index contributed by atoms with van der Waals surface area (Å²) >= 11 is 3.71. The molecule has 94 valence electrons. The highest BCUT2D eigenvalue weighted by Crippen LogP contribution is 2.27. The number of nitro benzene ring substituents is 1. The maximum absolute atomic E-state index is 11.0. The lowest BCUT2D eigenvalue weighted by molar-refractivity contribution is -0.384. The summed E-state index contributed by atoms with van der Waals surface area (Å²) in [5.74, 6) is 0. The lowest BCUT2D eigenvalue weighted by atomic mass is 10.2. The van der Waals surface area contributed by atoms with E-state index >= 15 is 0 Å². The maximum atomic E-state index is 11.0. The van der Waals surface area contributed by atoms with Gasteiger partial charge in [-0.2, -0.15) is 11.3 Å². The van der Waals surface area contributed by atoms with Crippen molar-refractivity contribution in [2.75, 3.05) is 5.32 Å². The maximum Gasteiger partial charge on any atom is 0.293 e. The van der Waals surface area contributed by atoms with Crippen LogP contribution in [-0.2, 0) is 6.54 Å². The van der Waals surface area contributed by atoms with E-state index in [0.717, 1.165) is 3.57 Å². The Morgan fingerprint density at radius 1 is 1.44 bits per heavy atom. The molecule has 0 unspecified atom stereocenters. The molecule has 1 aromatic heterocycles. The molecule has 0 saturated carbocycles. The molecule has 1 heterocycles. The van der Waals surface area contributed by atoms with Crippen LogP contribution in [0.2, 0.25) is 0 Å². The lowest BCUT2D eigenvalue weighted by Crippen LogP contribution is -2.03. The molecule has 0 spiro atoms. The molecule has 0 bridgehead atoms. The second kappa shape index (κ2) is 5.66. The number of anilines is 1. The number of aryl methyl sites for hydroxylation is 1. The van der Waals surface area contributed by atoms with Gasteiger partial charge in [0.15, 0.2) is 0 Å². The molecule has 0 aliphatic heterocycles. The Morgan fingerprint density at radius 3 is 2.83 bits per heavy atom. The normalized spacial score (nSPS) is 10.3. The number of nitrogens with zero attached hydrogens (tertiary/aromatic N) is 1. The van der Waals surface area contributed by atoms with Crippen molar-refractivity contribution >= 4 is 45.3 Å². The first-order valence-electron chi connectivity index (χ1n) is 5.27. The molecule has 6 heteroatoms. The number of rotatable bonds is 4. The molecule has 0 fully saturated rings. The quantitative estimate of drug-likeness (QED) is 0.496. The monoisotopic (exact) mass is 374 g/mol. The third-order valence-corrected chi connectivity index (χ3v) is 4.17. The molecule has 0 amide bonds. The molecule has 0 saturated heterocycles. The molecular weight excluding hydrogens is 363 g/mol. The van der Waals surface area contributed by atoms with Gasteiger partial charge in [0.2, 0.25) is 0 Å². The average Bonchev–Trinajstić information content (AvgIpc) is 2.73. The van der Waals surface area contributed by atoms with Gasteiger partial charge < -0.3 is 5.32 Å². The highest BCUT2D eigenvalue weighted by Gasteiger charge is 2.13. The van der Waals surface area contributed by atoms with Crippen LogP contribution in [0.3, 0.4) is 0 Å². The van der Waals surface area contributed by atoms with Gasteiger partial charge >= 0.3 is 0 Å². The Balaban J connectivity index is 2.19. The summed E-state index contributed by atoms with van der Waals surface area (Å²) in [6.07, 6.45) is 0. The average molecular weight is 374 g/mol. The zero-order valence-corrected chi connectivity index (χ0v) is 12.6. The summed E-state index contributed by atoms with van der Waals surface area (Å²) < 4.78 is 0.858. The zero-order chi connectivity index (χ0) is 13.1. The lowest BCUT2D eigenvalue weighted by Gasteiger charge is -2.07. The van der Waals surface area contributed by atoms with Gasteiger partial charge in [-0.15, -0.1) is 0 Å². The Morgan fingerprint density at radius 2 is 2.22 bits per heavy atom. The number of thiophene rings is 1.